The number of phenols is 1. The van der Waals surface area contributed by atoms with E-state index in [4.69, 9.17) is 17.3 Å². The molecule has 0 spiro atoms. The Morgan fingerprint density at radius 2 is 1.96 bits per heavy atom. The number of H-pyrrole nitrogens is 1. The van der Waals surface area contributed by atoms with Gasteiger partial charge in [-0.05, 0) is 36.4 Å². The van der Waals surface area contributed by atoms with Gasteiger partial charge in [0, 0.05) is 17.1 Å². The number of rotatable bonds is 4. The minimum Gasteiger partial charge on any atom is -0.507 e. The lowest BCUT2D eigenvalue weighted by molar-refractivity contribution is 0.0997. The minimum atomic E-state index is -3.96. The van der Waals surface area contributed by atoms with Gasteiger partial charge in [0.15, 0.2) is 0 Å². The molecule has 0 saturated heterocycles. The van der Waals surface area contributed by atoms with E-state index in [9.17, 15) is 18.3 Å². The molecule has 0 unspecified atom stereocenters. The molecule has 0 bridgehead atoms. The number of halogens is 1. The third-order valence-corrected chi connectivity index (χ3v) is 5.12. The Bertz CT molecular complexity index is 1060. The van der Waals surface area contributed by atoms with Gasteiger partial charge in [-0.15, -0.1) is 0 Å². The summed E-state index contributed by atoms with van der Waals surface area (Å²) in [6.45, 7) is 0. The molecule has 0 radical (unpaired) electrons. The van der Waals surface area contributed by atoms with Crippen LogP contribution in [0.5, 0.6) is 5.75 Å². The van der Waals surface area contributed by atoms with Gasteiger partial charge in [0.05, 0.1) is 21.2 Å². The van der Waals surface area contributed by atoms with Gasteiger partial charge in [-0.1, -0.05) is 11.6 Å². The van der Waals surface area contributed by atoms with Crippen LogP contribution in [-0.2, 0) is 10.0 Å². The van der Waals surface area contributed by atoms with Crippen LogP contribution in [0.3, 0.4) is 0 Å². The largest absolute Gasteiger partial charge is 0.507 e. The number of fused-ring (bicyclic) bond motifs is 1. The van der Waals surface area contributed by atoms with E-state index in [0.29, 0.717) is 16.2 Å². The third kappa shape index (κ3) is 2.89. The van der Waals surface area contributed by atoms with Gasteiger partial charge in [0.25, 0.3) is 15.9 Å². The number of aromatic amines is 1. The summed E-state index contributed by atoms with van der Waals surface area (Å²) in [5, 5.41) is 10.8. The van der Waals surface area contributed by atoms with Crippen molar-refractivity contribution in [3.05, 3.63) is 53.2 Å². The van der Waals surface area contributed by atoms with E-state index in [2.05, 4.69) is 9.71 Å². The Balaban J connectivity index is 1.98. The average Bonchev–Trinajstić information content (AvgIpc) is 2.87. The first-order valence-electron chi connectivity index (χ1n) is 6.70. The van der Waals surface area contributed by atoms with Crippen LogP contribution in [0.2, 0.25) is 5.02 Å². The summed E-state index contributed by atoms with van der Waals surface area (Å²) in [6, 6.07) is 8.13. The maximum absolute atomic E-state index is 12.4. The van der Waals surface area contributed by atoms with Crippen molar-refractivity contribution in [2.75, 3.05) is 4.72 Å². The Kier molecular flexibility index (Phi) is 3.86. The first-order valence-corrected chi connectivity index (χ1v) is 8.56. The first-order chi connectivity index (χ1) is 11.3. The molecule has 0 aliphatic carbocycles. The number of hydrogen-bond acceptors (Lipinski definition) is 4. The van der Waals surface area contributed by atoms with Crippen molar-refractivity contribution >= 4 is 44.1 Å². The number of benzene rings is 2. The second-order valence-corrected chi connectivity index (χ2v) is 7.14. The van der Waals surface area contributed by atoms with Crippen LogP contribution >= 0.6 is 11.6 Å². The molecule has 1 heterocycles. The second-order valence-electron chi connectivity index (χ2n) is 5.05. The van der Waals surface area contributed by atoms with E-state index in [-0.39, 0.29) is 16.2 Å². The number of carbonyl (C=O) groups excluding carboxylic acids is 1. The predicted octanol–water partition coefficient (Wildman–Crippen LogP) is 2.43. The summed E-state index contributed by atoms with van der Waals surface area (Å²) < 4.78 is 27.3. The summed E-state index contributed by atoms with van der Waals surface area (Å²) in [5.41, 5.74) is 5.82. The molecule has 1 amide bonds. The number of anilines is 1. The van der Waals surface area contributed by atoms with Crippen molar-refractivity contribution < 1.29 is 18.3 Å². The normalized spacial score (nSPS) is 11.5. The van der Waals surface area contributed by atoms with Gasteiger partial charge in [0.2, 0.25) is 0 Å². The van der Waals surface area contributed by atoms with E-state index in [0.717, 1.165) is 17.5 Å². The van der Waals surface area contributed by atoms with E-state index < -0.39 is 15.9 Å². The number of nitrogens with one attached hydrogen (secondary N) is 2. The zero-order valence-corrected chi connectivity index (χ0v) is 13.6. The summed E-state index contributed by atoms with van der Waals surface area (Å²) in [7, 11) is -3.96. The van der Waals surface area contributed by atoms with Crippen LogP contribution in [0, 0.1) is 0 Å². The van der Waals surface area contributed by atoms with Gasteiger partial charge < -0.3 is 15.8 Å². The van der Waals surface area contributed by atoms with E-state index in [1.807, 2.05) is 0 Å². The molecular formula is C15H12ClN3O4S. The van der Waals surface area contributed by atoms with Crippen LogP contribution in [0.25, 0.3) is 10.9 Å². The summed E-state index contributed by atoms with van der Waals surface area (Å²) in [6.07, 6.45) is 1.60. The number of primary amides is 1. The Morgan fingerprint density at radius 1 is 1.21 bits per heavy atom. The second kappa shape index (κ2) is 5.73. The molecule has 0 aliphatic rings. The highest BCUT2D eigenvalue weighted by molar-refractivity contribution is 7.92. The maximum atomic E-state index is 12.4. The van der Waals surface area contributed by atoms with E-state index in [1.165, 1.54) is 6.07 Å². The number of aromatic hydroxyl groups is 1. The zero-order valence-electron chi connectivity index (χ0n) is 12.1. The molecule has 0 aliphatic heterocycles. The number of aromatic nitrogens is 1. The summed E-state index contributed by atoms with van der Waals surface area (Å²) in [4.78, 5) is 14.0. The van der Waals surface area contributed by atoms with Crippen molar-refractivity contribution in [3.8, 4) is 5.75 Å². The van der Waals surface area contributed by atoms with Crippen LogP contribution in [0.15, 0.2) is 47.5 Å². The number of amides is 1. The van der Waals surface area contributed by atoms with Crippen LogP contribution in [0.4, 0.5) is 5.69 Å². The maximum Gasteiger partial charge on any atom is 0.261 e. The molecule has 7 nitrogen and oxygen atoms in total. The number of hydrogen-bond donors (Lipinski definition) is 4. The monoisotopic (exact) mass is 365 g/mol. The molecule has 24 heavy (non-hydrogen) atoms. The van der Waals surface area contributed by atoms with Crippen LogP contribution in [-0.4, -0.2) is 24.4 Å². The van der Waals surface area contributed by atoms with E-state index >= 15 is 0 Å². The Morgan fingerprint density at radius 3 is 2.67 bits per heavy atom. The molecule has 0 atom stereocenters. The van der Waals surface area contributed by atoms with Crippen molar-refractivity contribution in [2.45, 2.75) is 4.90 Å². The highest BCUT2D eigenvalue weighted by Crippen LogP contribution is 2.27. The standard InChI is InChI=1S/C15H12ClN3O4S/c16-12-7-18-13-5-8(1-3-10(12)13)19-24(22,23)9-2-4-14(20)11(6-9)15(17)21/h1-7,18-20H,(H2,17,21). The fourth-order valence-electron chi connectivity index (χ4n) is 2.25. The molecule has 3 rings (SSSR count). The minimum absolute atomic E-state index is 0.196. The van der Waals surface area contributed by atoms with Crippen molar-refractivity contribution in [1.29, 1.82) is 0 Å². The molecule has 1 aromatic heterocycles. The summed E-state index contributed by atoms with van der Waals surface area (Å²) >= 11 is 5.98. The number of carbonyl (C=O) groups is 1. The molecule has 0 saturated carbocycles. The molecular weight excluding hydrogens is 354 g/mol. The molecule has 2 aromatic carbocycles. The van der Waals surface area contributed by atoms with Crippen LogP contribution in [0.1, 0.15) is 10.4 Å². The smallest absolute Gasteiger partial charge is 0.261 e. The molecule has 0 fully saturated rings. The SMILES string of the molecule is NC(=O)c1cc(S(=O)(=O)Nc2ccc3c(Cl)c[nH]c3c2)ccc1O. The van der Waals surface area contributed by atoms with Gasteiger partial charge in [0.1, 0.15) is 5.75 Å². The fourth-order valence-corrected chi connectivity index (χ4v) is 3.54. The Labute approximate surface area is 142 Å². The quantitative estimate of drug-likeness (QED) is 0.566. The topological polar surface area (TPSA) is 125 Å². The molecule has 5 N–H and O–H groups in total. The van der Waals surface area contributed by atoms with E-state index in [1.54, 1.807) is 24.4 Å². The van der Waals surface area contributed by atoms with Gasteiger partial charge in [-0.2, -0.15) is 0 Å². The molecule has 124 valence electrons. The van der Waals surface area contributed by atoms with Gasteiger partial charge >= 0.3 is 0 Å². The molecule has 3 aromatic rings. The molecule has 9 heteroatoms. The number of sulfonamides is 1. The Hall–Kier alpha value is -2.71. The highest BCUT2D eigenvalue weighted by Gasteiger charge is 2.18. The van der Waals surface area contributed by atoms with Gasteiger partial charge in [-0.3, -0.25) is 9.52 Å². The lowest BCUT2D eigenvalue weighted by Gasteiger charge is -2.10. The van der Waals surface area contributed by atoms with Crippen LogP contribution < -0.4 is 10.5 Å². The van der Waals surface area contributed by atoms with Crippen molar-refractivity contribution in [1.82, 2.24) is 4.98 Å². The average molecular weight is 366 g/mol. The lowest BCUT2D eigenvalue weighted by atomic mass is 10.2. The number of nitrogens with two attached hydrogens (primary N) is 1. The van der Waals surface area contributed by atoms with Crippen molar-refractivity contribution in [2.24, 2.45) is 5.73 Å². The van der Waals surface area contributed by atoms with Gasteiger partial charge in [-0.25, -0.2) is 8.42 Å². The first kappa shape index (κ1) is 16.2. The summed E-state index contributed by atoms with van der Waals surface area (Å²) in [5.74, 6) is -1.31. The third-order valence-electron chi connectivity index (χ3n) is 3.43. The van der Waals surface area contributed by atoms with Crippen molar-refractivity contribution in [3.63, 3.8) is 0 Å². The predicted molar refractivity (Wildman–Crippen MR) is 90.7 cm³/mol. The fraction of sp³-hybridized carbons (Fsp3) is 0. The lowest BCUT2D eigenvalue weighted by Crippen LogP contribution is -2.16. The zero-order chi connectivity index (χ0) is 17.5. The highest BCUT2D eigenvalue weighted by atomic mass is 35.5.